The number of hydrogen-bond donors (Lipinski definition) is 0. The van der Waals surface area contributed by atoms with Crippen molar-refractivity contribution < 1.29 is 9.53 Å². The van der Waals surface area contributed by atoms with Gasteiger partial charge in [-0.1, -0.05) is 5.92 Å². The van der Waals surface area contributed by atoms with Gasteiger partial charge in [-0.15, -0.1) is 6.42 Å². The fourth-order valence-corrected chi connectivity index (χ4v) is 2.26. The molecule has 2 aromatic rings. The summed E-state index contributed by atoms with van der Waals surface area (Å²) in [5.74, 6) is 2.57. The van der Waals surface area contributed by atoms with E-state index in [4.69, 9.17) is 11.2 Å². The molecule has 1 aromatic carbocycles. The molecule has 0 saturated heterocycles. The molecule has 0 amide bonds. The van der Waals surface area contributed by atoms with Gasteiger partial charge in [0.1, 0.15) is 9.30 Å². The van der Waals surface area contributed by atoms with Gasteiger partial charge < -0.3 is 4.74 Å². The standard InChI is InChI=1S/C14H13IN2O2/c1-5-9-6-7-11-10(8-9)12(15)16-17(11)13(18)19-14(2,3)4/h1,6-8H,2-4H3. The quantitative estimate of drug-likeness (QED) is 0.529. The van der Waals surface area contributed by atoms with E-state index in [9.17, 15) is 4.79 Å². The number of terminal acetylenes is 1. The van der Waals surface area contributed by atoms with Gasteiger partial charge in [-0.05, 0) is 61.6 Å². The van der Waals surface area contributed by atoms with Crippen molar-refractivity contribution in [3.8, 4) is 12.3 Å². The first-order valence-electron chi connectivity index (χ1n) is 5.70. The molecule has 0 fully saturated rings. The Kier molecular flexibility index (Phi) is 3.54. The molecule has 0 aliphatic heterocycles. The molecular formula is C14H13IN2O2. The van der Waals surface area contributed by atoms with E-state index in [2.05, 4.69) is 33.6 Å². The lowest BCUT2D eigenvalue weighted by Crippen LogP contribution is -2.27. The Bertz CT molecular complexity index is 690. The first-order valence-corrected chi connectivity index (χ1v) is 6.78. The number of nitrogens with zero attached hydrogens (tertiary/aromatic N) is 2. The van der Waals surface area contributed by atoms with Gasteiger partial charge in [0.15, 0.2) is 0 Å². The van der Waals surface area contributed by atoms with Crippen LogP contribution in [0.5, 0.6) is 0 Å². The highest BCUT2D eigenvalue weighted by Crippen LogP contribution is 2.22. The Morgan fingerprint density at radius 3 is 2.74 bits per heavy atom. The maximum Gasteiger partial charge on any atom is 0.435 e. The third-order valence-electron chi connectivity index (χ3n) is 2.37. The number of aromatic nitrogens is 2. The summed E-state index contributed by atoms with van der Waals surface area (Å²) < 4.78 is 7.30. The molecule has 1 heterocycles. The number of benzene rings is 1. The monoisotopic (exact) mass is 368 g/mol. The van der Waals surface area contributed by atoms with Crippen LogP contribution in [-0.2, 0) is 4.74 Å². The van der Waals surface area contributed by atoms with Crippen molar-refractivity contribution >= 4 is 39.6 Å². The molecule has 0 aliphatic rings. The molecule has 0 atom stereocenters. The molecule has 1 aromatic heterocycles. The summed E-state index contributed by atoms with van der Waals surface area (Å²) in [6.07, 6.45) is 4.88. The molecule has 0 saturated carbocycles. The SMILES string of the molecule is C#Cc1ccc2c(c1)c(I)nn2C(=O)OC(C)(C)C. The number of rotatable bonds is 0. The predicted octanol–water partition coefficient (Wildman–Crippen LogP) is 3.41. The van der Waals surface area contributed by atoms with Gasteiger partial charge in [-0.25, -0.2) is 4.79 Å². The summed E-state index contributed by atoms with van der Waals surface area (Å²) in [6, 6.07) is 5.40. The second kappa shape index (κ2) is 4.85. The van der Waals surface area contributed by atoms with E-state index in [-0.39, 0.29) is 0 Å². The van der Waals surface area contributed by atoms with Gasteiger partial charge in [0.05, 0.1) is 5.52 Å². The normalized spacial score (nSPS) is 11.3. The lowest BCUT2D eigenvalue weighted by Gasteiger charge is -2.19. The molecule has 5 heteroatoms. The van der Waals surface area contributed by atoms with Gasteiger partial charge in [-0.2, -0.15) is 9.78 Å². The Morgan fingerprint density at radius 1 is 1.47 bits per heavy atom. The van der Waals surface area contributed by atoms with Crippen LogP contribution in [0, 0.1) is 16.0 Å². The largest absolute Gasteiger partial charge is 0.442 e. The summed E-state index contributed by atoms with van der Waals surface area (Å²) in [5, 5.41) is 5.06. The van der Waals surface area contributed by atoms with Crippen molar-refractivity contribution in [1.29, 1.82) is 0 Å². The number of fused-ring (bicyclic) bond motifs is 1. The number of carbonyl (C=O) groups is 1. The van der Waals surface area contributed by atoms with Gasteiger partial charge in [0.25, 0.3) is 0 Å². The Labute approximate surface area is 125 Å². The van der Waals surface area contributed by atoms with E-state index >= 15 is 0 Å². The highest BCUT2D eigenvalue weighted by Gasteiger charge is 2.21. The highest BCUT2D eigenvalue weighted by molar-refractivity contribution is 14.1. The predicted molar refractivity (Wildman–Crippen MR) is 82.0 cm³/mol. The first-order chi connectivity index (χ1) is 8.81. The third-order valence-corrected chi connectivity index (χ3v) is 3.16. The number of halogens is 1. The van der Waals surface area contributed by atoms with Crippen LogP contribution in [0.2, 0.25) is 0 Å². The molecule has 19 heavy (non-hydrogen) atoms. The minimum Gasteiger partial charge on any atom is -0.442 e. The number of ether oxygens (including phenoxy) is 1. The Balaban J connectivity index is 2.52. The maximum absolute atomic E-state index is 12.1. The molecule has 0 unspecified atom stereocenters. The van der Waals surface area contributed by atoms with E-state index in [0.29, 0.717) is 5.52 Å². The fraction of sp³-hybridized carbons (Fsp3) is 0.286. The smallest absolute Gasteiger partial charge is 0.435 e. The van der Waals surface area contributed by atoms with Gasteiger partial charge in [0.2, 0.25) is 0 Å². The average Bonchev–Trinajstić information content (AvgIpc) is 2.64. The summed E-state index contributed by atoms with van der Waals surface area (Å²) >= 11 is 2.07. The van der Waals surface area contributed by atoms with Gasteiger partial charge in [0, 0.05) is 10.9 Å². The molecule has 0 aliphatic carbocycles. The van der Waals surface area contributed by atoms with Crippen LogP contribution in [0.3, 0.4) is 0 Å². The van der Waals surface area contributed by atoms with Crippen LogP contribution in [-0.4, -0.2) is 21.5 Å². The summed E-state index contributed by atoms with van der Waals surface area (Å²) in [5.41, 5.74) is 0.895. The Morgan fingerprint density at radius 2 is 2.16 bits per heavy atom. The van der Waals surface area contributed by atoms with Crippen molar-refractivity contribution in [2.45, 2.75) is 26.4 Å². The van der Waals surface area contributed by atoms with E-state index in [1.54, 1.807) is 12.1 Å². The lowest BCUT2D eigenvalue weighted by atomic mass is 10.2. The number of carbonyl (C=O) groups excluding carboxylic acids is 1. The van der Waals surface area contributed by atoms with Crippen LogP contribution in [0.4, 0.5) is 4.79 Å². The van der Waals surface area contributed by atoms with Crippen LogP contribution in [0.15, 0.2) is 18.2 Å². The van der Waals surface area contributed by atoms with Crippen molar-refractivity contribution in [2.24, 2.45) is 0 Å². The molecule has 0 N–H and O–H groups in total. The zero-order valence-electron chi connectivity index (χ0n) is 10.9. The van der Waals surface area contributed by atoms with E-state index in [1.807, 2.05) is 26.8 Å². The molecule has 2 rings (SSSR count). The summed E-state index contributed by atoms with van der Waals surface area (Å²) in [6.45, 7) is 5.45. The van der Waals surface area contributed by atoms with Gasteiger partial charge in [-0.3, -0.25) is 0 Å². The second-order valence-electron chi connectivity index (χ2n) is 5.06. The summed E-state index contributed by atoms with van der Waals surface area (Å²) in [7, 11) is 0. The van der Waals surface area contributed by atoms with Crippen LogP contribution in [0.1, 0.15) is 26.3 Å². The first kappa shape index (κ1) is 13.9. The zero-order chi connectivity index (χ0) is 14.2. The van der Waals surface area contributed by atoms with Crippen LogP contribution in [0.25, 0.3) is 10.9 Å². The van der Waals surface area contributed by atoms with Crippen molar-refractivity contribution in [3.05, 3.63) is 27.5 Å². The van der Waals surface area contributed by atoms with E-state index in [0.717, 1.165) is 14.7 Å². The second-order valence-corrected chi connectivity index (χ2v) is 6.08. The Hall–Kier alpha value is -1.55. The molecule has 4 nitrogen and oxygen atoms in total. The lowest BCUT2D eigenvalue weighted by molar-refractivity contribution is 0.0522. The molecule has 98 valence electrons. The van der Waals surface area contributed by atoms with E-state index < -0.39 is 11.7 Å². The molecular weight excluding hydrogens is 355 g/mol. The van der Waals surface area contributed by atoms with Crippen molar-refractivity contribution in [1.82, 2.24) is 9.78 Å². The molecule has 0 radical (unpaired) electrons. The topological polar surface area (TPSA) is 44.1 Å². The summed E-state index contributed by atoms with van der Waals surface area (Å²) in [4.78, 5) is 12.1. The third kappa shape index (κ3) is 2.89. The fourth-order valence-electron chi connectivity index (χ4n) is 1.62. The zero-order valence-corrected chi connectivity index (χ0v) is 13.1. The van der Waals surface area contributed by atoms with Crippen LogP contribution >= 0.6 is 22.6 Å². The molecule has 0 spiro atoms. The minimum atomic E-state index is -0.556. The van der Waals surface area contributed by atoms with Crippen molar-refractivity contribution in [3.63, 3.8) is 0 Å². The average molecular weight is 368 g/mol. The highest BCUT2D eigenvalue weighted by atomic mass is 127. The number of hydrogen-bond acceptors (Lipinski definition) is 3. The van der Waals surface area contributed by atoms with E-state index in [1.165, 1.54) is 4.68 Å². The minimum absolute atomic E-state index is 0.492. The van der Waals surface area contributed by atoms with Gasteiger partial charge >= 0.3 is 6.09 Å². The maximum atomic E-state index is 12.1. The van der Waals surface area contributed by atoms with Crippen molar-refractivity contribution in [2.75, 3.05) is 0 Å². The van der Waals surface area contributed by atoms with Crippen LogP contribution < -0.4 is 0 Å². The molecule has 0 bridgehead atoms.